The standard InChI is InChI=1S/C17H23FN4O3/c1-4-12(2)19-17(23)22(3)10-9-15-20-16(25-21-15)11-24-14-7-5-13(18)6-8-14/h5-8,12H,4,9-11H2,1-3H3,(H,19,23). The summed E-state index contributed by atoms with van der Waals surface area (Å²) in [4.78, 5) is 17.7. The van der Waals surface area contributed by atoms with E-state index >= 15 is 0 Å². The Morgan fingerprint density at radius 2 is 2.12 bits per heavy atom. The minimum Gasteiger partial charge on any atom is -0.484 e. The molecular weight excluding hydrogens is 327 g/mol. The van der Waals surface area contributed by atoms with Gasteiger partial charge in [-0.15, -0.1) is 0 Å². The van der Waals surface area contributed by atoms with Crippen LogP contribution in [0.25, 0.3) is 0 Å². The van der Waals surface area contributed by atoms with Gasteiger partial charge in [0.15, 0.2) is 12.4 Å². The van der Waals surface area contributed by atoms with Gasteiger partial charge in [0, 0.05) is 26.1 Å². The summed E-state index contributed by atoms with van der Waals surface area (Å²) in [6, 6.07) is 5.69. The largest absolute Gasteiger partial charge is 0.484 e. The summed E-state index contributed by atoms with van der Waals surface area (Å²) in [6.45, 7) is 4.54. The molecule has 0 fully saturated rings. The molecule has 2 aromatic rings. The Morgan fingerprint density at radius 3 is 2.80 bits per heavy atom. The molecule has 0 bridgehead atoms. The van der Waals surface area contributed by atoms with Gasteiger partial charge >= 0.3 is 6.03 Å². The number of benzene rings is 1. The van der Waals surface area contributed by atoms with Crippen molar-refractivity contribution in [3.63, 3.8) is 0 Å². The van der Waals surface area contributed by atoms with Crippen molar-refractivity contribution in [2.45, 2.75) is 39.3 Å². The van der Waals surface area contributed by atoms with E-state index in [2.05, 4.69) is 15.5 Å². The number of nitrogens with one attached hydrogen (secondary N) is 1. The second kappa shape index (κ2) is 9.00. The molecule has 1 atom stereocenters. The molecule has 1 heterocycles. The second-order valence-corrected chi connectivity index (χ2v) is 5.78. The molecule has 0 radical (unpaired) electrons. The average molecular weight is 350 g/mol. The zero-order valence-corrected chi connectivity index (χ0v) is 14.7. The van der Waals surface area contributed by atoms with Gasteiger partial charge in [-0.1, -0.05) is 12.1 Å². The highest BCUT2D eigenvalue weighted by Gasteiger charge is 2.13. The average Bonchev–Trinajstić information content (AvgIpc) is 3.06. The molecule has 0 aliphatic heterocycles. The number of amides is 2. The van der Waals surface area contributed by atoms with E-state index in [0.29, 0.717) is 30.4 Å². The molecule has 2 rings (SSSR count). The van der Waals surface area contributed by atoms with Gasteiger partial charge in [0.2, 0.25) is 0 Å². The fourth-order valence-corrected chi connectivity index (χ4v) is 1.92. The van der Waals surface area contributed by atoms with Gasteiger partial charge in [0.05, 0.1) is 0 Å². The van der Waals surface area contributed by atoms with Crippen LogP contribution in [-0.2, 0) is 13.0 Å². The van der Waals surface area contributed by atoms with Crippen molar-refractivity contribution in [1.29, 1.82) is 0 Å². The van der Waals surface area contributed by atoms with Gasteiger partial charge in [-0.25, -0.2) is 9.18 Å². The van der Waals surface area contributed by atoms with Crippen LogP contribution in [0.4, 0.5) is 9.18 Å². The minimum absolute atomic E-state index is 0.100. The predicted molar refractivity (Wildman–Crippen MR) is 89.6 cm³/mol. The van der Waals surface area contributed by atoms with Gasteiger partial charge in [0.25, 0.3) is 5.89 Å². The van der Waals surface area contributed by atoms with Gasteiger partial charge in [-0.3, -0.25) is 0 Å². The first kappa shape index (κ1) is 18.7. The van der Waals surface area contributed by atoms with E-state index < -0.39 is 0 Å². The molecule has 1 N–H and O–H groups in total. The van der Waals surface area contributed by atoms with Crippen LogP contribution in [0.15, 0.2) is 28.8 Å². The lowest BCUT2D eigenvalue weighted by molar-refractivity contribution is 0.205. The van der Waals surface area contributed by atoms with Crippen LogP contribution in [0.2, 0.25) is 0 Å². The molecule has 1 aromatic heterocycles. The molecule has 0 aliphatic carbocycles. The Bertz CT molecular complexity index is 675. The molecule has 2 amide bonds. The van der Waals surface area contributed by atoms with E-state index in [1.54, 1.807) is 11.9 Å². The maximum Gasteiger partial charge on any atom is 0.317 e. The molecule has 0 spiro atoms. The molecule has 8 heteroatoms. The topological polar surface area (TPSA) is 80.5 Å². The number of hydrogen-bond acceptors (Lipinski definition) is 5. The Balaban J connectivity index is 1.77. The molecule has 0 saturated heterocycles. The lowest BCUT2D eigenvalue weighted by Gasteiger charge is -2.20. The first-order valence-electron chi connectivity index (χ1n) is 8.19. The minimum atomic E-state index is -0.325. The van der Waals surface area contributed by atoms with E-state index in [1.165, 1.54) is 24.3 Å². The Hall–Kier alpha value is -2.64. The summed E-state index contributed by atoms with van der Waals surface area (Å²) in [5.74, 6) is 1.02. The summed E-state index contributed by atoms with van der Waals surface area (Å²) >= 11 is 0. The zero-order chi connectivity index (χ0) is 18.2. The van der Waals surface area contributed by atoms with Gasteiger partial charge < -0.3 is 19.5 Å². The number of aromatic nitrogens is 2. The number of carbonyl (C=O) groups is 1. The van der Waals surface area contributed by atoms with Crippen molar-refractivity contribution in [3.8, 4) is 5.75 Å². The van der Waals surface area contributed by atoms with Crippen molar-refractivity contribution in [1.82, 2.24) is 20.4 Å². The van der Waals surface area contributed by atoms with E-state index in [9.17, 15) is 9.18 Å². The first-order valence-corrected chi connectivity index (χ1v) is 8.19. The third-order valence-electron chi connectivity index (χ3n) is 3.69. The molecule has 136 valence electrons. The van der Waals surface area contributed by atoms with Crippen LogP contribution in [-0.4, -0.2) is 40.7 Å². The number of rotatable bonds is 8. The third kappa shape index (κ3) is 6.06. The third-order valence-corrected chi connectivity index (χ3v) is 3.69. The van der Waals surface area contributed by atoms with E-state index in [4.69, 9.17) is 9.26 Å². The van der Waals surface area contributed by atoms with E-state index in [0.717, 1.165) is 6.42 Å². The number of halogens is 1. The van der Waals surface area contributed by atoms with Crippen molar-refractivity contribution in [2.24, 2.45) is 0 Å². The fraction of sp³-hybridized carbons (Fsp3) is 0.471. The van der Waals surface area contributed by atoms with E-state index in [1.807, 2.05) is 13.8 Å². The molecule has 0 aliphatic rings. The maximum absolute atomic E-state index is 12.8. The van der Waals surface area contributed by atoms with Crippen molar-refractivity contribution in [3.05, 3.63) is 41.8 Å². The zero-order valence-electron chi connectivity index (χ0n) is 14.7. The number of ether oxygens (including phenoxy) is 1. The molecule has 1 aromatic carbocycles. The highest BCUT2D eigenvalue weighted by Crippen LogP contribution is 2.13. The highest BCUT2D eigenvalue weighted by molar-refractivity contribution is 5.74. The first-order chi connectivity index (χ1) is 12.0. The van der Waals surface area contributed by atoms with Crippen molar-refractivity contribution < 1.29 is 18.4 Å². The van der Waals surface area contributed by atoms with Gasteiger partial charge in [-0.2, -0.15) is 4.98 Å². The van der Waals surface area contributed by atoms with Crippen LogP contribution in [0.5, 0.6) is 5.75 Å². The molecule has 1 unspecified atom stereocenters. The molecular formula is C17H23FN4O3. The van der Waals surface area contributed by atoms with Gasteiger partial charge in [-0.05, 0) is 37.6 Å². The number of likely N-dealkylation sites (N-methyl/N-ethyl adjacent to an activating group) is 1. The predicted octanol–water partition coefficient (Wildman–Crippen LogP) is 2.77. The Morgan fingerprint density at radius 1 is 1.40 bits per heavy atom. The fourth-order valence-electron chi connectivity index (χ4n) is 1.92. The number of urea groups is 1. The summed E-state index contributed by atoms with van der Waals surface area (Å²) in [7, 11) is 1.72. The SMILES string of the molecule is CCC(C)NC(=O)N(C)CCc1noc(COc2ccc(F)cc2)n1. The Kier molecular flexibility index (Phi) is 6.73. The second-order valence-electron chi connectivity index (χ2n) is 5.78. The summed E-state index contributed by atoms with van der Waals surface area (Å²) in [5, 5.41) is 6.76. The summed E-state index contributed by atoms with van der Waals surface area (Å²) < 4.78 is 23.4. The monoisotopic (exact) mass is 350 g/mol. The van der Waals surface area contributed by atoms with Crippen LogP contribution in [0, 0.1) is 5.82 Å². The lowest BCUT2D eigenvalue weighted by Crippen LogP contribution is -2.42. The van der Waals surface area contributed by atoms with E-state index in [-0.39, 0.29) is 24.5 Å². The number of carbonyl (C=O) groups excluding carboxylic acids is 1. The number of hydrogen-bond donors (Lipinski definition) is 1. The van der Waals surface area contributed by atoms with Crippen LogP contribution < -0.4 is 10.1 Å². The van der Waals surface area contributed by atoms with Crippen LogP contribution >= 0.6 is 0 Å². The van der Waals surface area contributed by atoms with Gasteiger partial charge in [0.1, 0.15) is 11.6 Å². The molecule has 0 saturated carbocycles. The lowest BCUT2D eigenvalue weighted by atomic mass is 10.3. The Labute approximate surface area is 146 Å². The quantitative estimate of drug-likeness (QED) is 0.792. The maximum atomic E-state index is 12.8. The smallest absolute Gasteiger partial charge is 0.317 e. The molecule has 25 heavy (non-hydrogen) atoms. The van der Waals surface area contributed by atoms with Crippen molar-refractivity contribution in [2.75, 3.05) is 13.6 Å². The summed E-state index contributed by atoms with van der Waals surface area (Å²) in [5.41, 5.74) is 0. The van der Waals surface area contributed by atoms with Crippen molar-refractivity contribution >= 4 is 6.03 Å². The normalized spacial score (nSPS) is 11.8. The molecule has 7 nitrogen and oxygen atoms in total. The van der Waals surface area contributed by atoms with Crippen LogP contribution in [0.1, 0.15) is 32.0 Å². The number of nitrogens with zero attached hydrogens (tertiary/aromatic N) is 3. The van der Waals surface area contributed by atoms with Crippen LogP contribution in [0.3, 0.4) is 0 Å². The summed E-state index contributed by atoms with van der Waals surface area (Å²) in [6.07, 6.45) is 1.35. The highest BCUT2D eigenvalue weighted by atomic mass is 19.1.